The van der Waals surface area contributed by atoms with Crippen molar-refractivity contribution in [2.45, 2.75) is 19.9 Å². The molecular weight excluding hydrogens is 317 g/mol. The van der Waals surface area contributed by atoms with Gasteiger partial charge in [-0.15, -0.1) is 0 Å². The number of benzene rings is 1. The molecule has 0 saturated carbocycles. The maximum atomic E-state index is 11.6. The Morgan fingerprint density at radius 2 is 2.12 bits per heavy atom. The summed E-state index contributed by atoms with van der Waals surface area (Å²) in [6.45, 7) is 3.59. The summed E-state index contributed by atoms with van der Waals surface area (Å²) < 4.78 is 5.87. The van der Waals surface area contributed by atoms with Crippen LogP contribution in [0.5, 0.6) is 0 Å². The van der Waals surface area contributed by atoms with E-state index in [1.54, 1.807) is 13.8 Å². The largest absolute Gasteiger partial charge is 0.469 e. The molecule has 0 aromatic heterocycles. The molecule has 3 nitrogen and oxygen atoms in total. The first kappa shape index (κ1) is 13.4. The normalized spacial score (nSPS) is 13.3. The van der Waals surface area contributed by atoms with Gasteiger partial charge in [-0.25, -0.2) is 0 Å². The summed E-state index contributed by atoms with van der Waals surface area (Å²) in [5, 5.41) is 0. The molecule has 4 heteroatoms. The summed E-state index contributed by atoms with van der Waals surface area (Å²) in [5.41, 5.74) is 6.34. The van der Waals surface area contributed by atoms with Gasteiger partial charge < -0.3 is 10.5 Å². The van der Waals surface area contributed by atoms with E-state index in [-0.39, 0.29) is 12.0 Å². The van der Waals surface area contributed by atoms with Crippen LogP contribution in [0.25, 0.3) is 0 Å². The lowest BCUT2D eigenvalue weighted by Crippen LogP contribution is -2.37. The highest BCUT2D eigenvalue weighted by Gasteiger charge is 2.36. The molecule has 0 saturated heterocycles. The van der Waals surface area contributed by atoms with Crippen LogP contribution in [-0.2, 0) is 9.53 Å². The molecule has 0 amide bonds. The highest BCUT2D eigenvalue weighted by Crippen LogP contribution is 2.32. The second kappa shape index (κ2) is 5.14. The predicted octanol–water partition coefficient (Wildman–Crippen LogP) is 2.49. The average Bonchev–Trinajstić information content (AvgIpc) is 2.26. The van der Waals surface area contributed by atoms with Gasteiger partial charge in [-0.3, -0.25) is 4.79 Å². The molecule has 0 aliphatic heterocycles. The Morgan fingerprint density at radius 1 is 1.50 bits per heavy atom. The monoisotopic (exact) mass is 333 g/mol. The van der Waals surface area contributed by atoms with Gasteiger partial charge in [-0.2, -0.15) is 0 Å². The van der Waals surface area contributed by atoms with Crippen molar-refractivity contribution in [1.82, 2.24) is 0 Å². The molecule has 0 unspecified atom stereocenters. The molecule has 16 heavy (non-hydrogen) atoms. The van der Waals surface area contributed by atoms with E-state index in [9.17, 15) is 4.79 Å². The number of carbonyl (C=O) groups excluding carboxylic acids is 1. The molecule has 0 aliphatic carbocycles. The van der Waals surface area contributed by atoms with Crippen molar-refractivity contribution in [2.24, 2.45) is 11.1 Å². The second-order valence-electron chi connectivity index (χ2n) is 4.25. The molecule has 0 radical (unpaired) electrons. The van der Waals surface area contributed by atoms with E-state index < -0.39 is 5.41 Å². The third-order valence-corrected chi connectivity index (χ3v) is 3.37. The molecule has 1 atom stereocenters. The lowest BCUT2D eigenvalue weighted by atomic mass is 9.81. The van der Waals surface area contributed by atoms with Gasteiger partial charge in [-0.05, 0) is 54.1 Å². The molecule has 1 aromatic carbocycles. The Bertz CT molecular complexity index is 390. The lowest BCUT2D eigenvalue weighted by Gasteiger charge is -2.29. The molecular formula is C12H16INO2. The van der Waals surface area contributed by atoms with E-state index in [0.717, 1.165) is 9.13 Å². The van der Waals surface area contributed by atoms with Gasteiger partial charge in [0.25, 0.3) is 0 Å². The van der Waals surface area contributed by atoms with Gasteiger partial charge in [0.2, 0.25) is 0 Å². The molecule has 0 bridgehead atoms. The topological polar surface area (TPSA) is 52.3 Å². The first-order valence-electron chi connectivity index (χ1n) is 4.99. The van der Waals surface area contributed by atoms with Crippen molar-refractivity contribution in [1.29, 1.82) is 0 Å². The molecule has 2 N–H and O–H groups in total. The summed E-state index contributed by atoms with van der Waals surface area (Å²) in [5.74, 6) is -0.293. The van der Waals surface area contributed by atoms with E-state index in [0.29, 0.717) is 0 Å². The van der Waals surface area contributed by atoms with E-state index in [1.165, 1.54) is 7.11 Å². The molecule has 0 aliphatic rings. The van der Waals surface area contributed by atoms with Crippen molar-refractivity contribution in [3.63, 3.8) is 0 Å². The highest BCUT2D eigenvalue weighted by atomic mass is 127. The predicted molar refractivity (Wildman–Crippen MR) is 71.9 cm³/mol. The molecule has 1 rings (SSSR count). The highest BCUT2D eigenvalue weighted by molar-refractivity contribution is 14.1. The zero-order valence-corrected chi connectivity index (χ0v) is 11.8. The van der Waals surface area contributed by atoms with Crippen molar-refractivity contribution < 1.29 is 9.53 Å². The Balaban J connectivity index is 3.01. The maximum Gasteiger partial charge on any atom is 0.313 e. The summed E-state index contributed by atoms with van der Waals surface area (Å²) in [6.07, 6.45) is 0. The van der Waals surface area contributed by atoms with Crippen LogP contribution < -0.4 is 5.73 Å². The minimum atomic E-state index is -0.723. The standard InChI is InChI=1S/C12H16INO2/c1-12(2,11(15)16-3)10(14)8-5-4-6-9(13)7-8/h4-7,10H,14H2,1-3H3/t10-/m0/s1. The number of rotatable bonds is 3. The zero-order valence-electron chi connectivity index (χ0n) is 9.66. The first-order valence-corrected chi connectivity index (χ1v) is 6.07. The fourth-order valence-corrected chi connectivity index (χ4v) is 2.07. The third-order valence-electron chi connectivity index (χ3n) is 2.70. The third kappa shape index (κ3) is 2.74. The van der Waals surface area contributed by atoms with Crippen molar-refractivity contribution in [2.75, 3.05) is 7.11 Å². The molecule has 1 aromatic rings. The van der Waals surface area contributed by atoms with E-state index in [4.69, 9.17) is 10.5 Å². The Labute approximate surface area is 109 Å². The van der Waals surface area contributed by atoms with Crippen LogP contribution in [0.1, 0.15) is 25.5 Å². The average molecular weight is 333 g/mol. The fraction of sp³-hybridized carbons (Fsp3) is 0.417. The van der Waals surface area contributed by atoms with E-state index in [1.807, 2.05) is 24.3 Å². The van der Waals surface area contributed by atoms with Crippen molar-refractivity contribution in [3.8, 4) is 0 Å². The number of halogens is 1. The van der Waals surface area contributed by atoms with Crippen molar-refractivity contribution in [3.05, 3.63) is 33.4 Å². The minimum absolute atomic E-state index is 0.293. The van der Waals surface area contributed by atoms with Crippen LogP contribution in [0.15, 0.2) is 24.3 Å². The van der Waals surface area contributed by atoms with Crippen LogP contribution in [0.4, 0.5) is 0 Å². The molecule has 0 heterocycles. The number of carbonyl (C=O) groups is 1. The van der Waals surface area contributed by atoms with E-state index in [2.05, 4.69) is 22.6 Å². The van der Waals surface area contributed by atoms with Crippen LogP contribution in [0.3, 0.4) is 0 Å². The van der Waals surface area contributed by atoms with Crippen LogP contribution >= 0.6 is 22.6 Å². The van der Waals surface area contributed by atoms with Crippen LogP contribution in [-0.4, -0.2) is 13.1 Å². The SMILES string of the molecule is COC(=O)C(C)(C)[C@@H](N)c1cccc(I)c1. The van der Waals surface area contributed by atoms with Crippen LogP contribution in [0, 0.1) is 8.99 Å². The number of ether oxygens (including phenoxy) is 1. The van der Waals surface area contributed by atoms with Gasteiger partial charge in [0.15, 0.2) is 0 Å². The molecule has 88 valence electrons. The van der Waals surface area contributed by atoms with Gasteiger partial charge >= 0.3 is 5.97 Å². The Kier molecular flexibility index (Phi) is 4.32. The second-order valence-corrected chi connectivity index (χ2v) is 5.49. The molecule has 0 fully saturated rings. The van der Waals surface area contributed by atoms with Gasteiger partial charge in [0.1, 0.15) is 0 Å². The number of esters is 1. The molecule has 0 spiro atoms. The lowest BCUT2D eigenvalue weighted by molar-refractivity contribution is -0.152. The van der Waals surface area contributed by atoms with Gasteiger partial charge in [0.05, 0.1) is 12.5 Å². The smallest absolute Gasteiger partial charge is 0.313 e. The number of hydrogen-bond donors (Lipinski definition) is 1. The Hall–Kier alpha value is -0.620. The fourth-order valence-electron chi connectivity index (χ4n) is 1.51. The summed E-state index contributed by atoms with van der Waals surface area (Å²) in [7, 11) is 1.38. The van der Waals surface area contributed by atoms with Crippen LogP contribution in [0.2, 0.25) is 0 Å². The van der Waals surface area contributed by atoms with Gasteiger partial charge in [0, 0.05) is 9.61 Å². The Morgan fingerprint density at radius 3 is 2.62 bits per heavy atom. The summed E-state index contributed by atoms with van der Waals surface area (Å²) in [4.78, 5) is 11.6. The number of hydrogen-bond acceptors (Lipinski definition) is 3. The van der Waals surface area contributed by atoms with Crippen molar-refractivity contribution >= 4 is 28.6 Å². The van der Waals surface area contributed by atoms with Gasteiger partial charge in [-0.1, -0.05) is 12.1 Å². The minimum Gasteiger partial charge on any atom is -0.469 e. The summed E-state index contributed by atoms with van der Waals surface area (Å²) in [6, 6.07) is 7.47. The zero-order chi connectivity index (χ0) is 12.3. The number of methoxy groups -OCH3 is 1. The number of nitrogens with two attached hydrogens (primary N) is 1. The maximum absolute atomic E-state index is 11.6. The van der Waals surface area contributed by atoms with E-state index >= 15 is 0 Å². The first-order chi connectivity index (χ1) is 7.39. The quantitative estimate of drug-likeness (QED) is 0.683. The summed E-state index contributed by atoms with van der Waals surface area (Å²) >= 11 is 2.22.